The lowest BCUT2D eigenvalue weighted by atomic mass is 9.85. The number of hydrogen-bond donors (Lipinski definition) is 6. The molecule has 3 heterocycles. The second-order valence-electron chi connectivity index (χ2n) is 23.5. The average molecular weight is 1430 g/mol. The van der Waals surface area contributed by atoms with E-state index >= 15 is 0 Å². The zero-order valence-corrected chi connectivity index (χ0v) is 56.0. The van der Waals surface area contributed by atoms with Crippen molar-refractivity contribution in [1.82, 2.24) is 19.9 Å². The molecule has 8 aromatic carbocycles. The van der Waals surface area contributed by atoms with Crippen LogP contribution >= 0.6 is 0 Å². The fourth-order valence-electron chi connectivity index (χ4n) is 11.6. The molecule has 3 aromatic heterocycles. The van der Waals surface area contributed by atoms with Crippen molar-refractivity contribution in [2.45, 2.75) is 54.8 Å². The SMILES string of the molecule is COCc1cc(-c2c(F)c(F)c(C(=O)O)c(F)c2F)c(COC)cc1-c1c(F)c(F)c(C(=O)O)c(F)c1F.Cc1cc(-c2cc(-c3ccc(C(=O)O)cc3)c(-c3cc(C)nc(C)c3)cc2-c2ccc(C(=O)O)cc2)cc(C)n1.Cc1nc(-c2ccc(C(=O)O)cc2)c(C)nc1-c1ccc(C(=O)O)cc1. The number of ether oxygens (including phenoxy) is 2. The van der Waals surface area contributed by atoms with Crippen LogP contribution in [-0.4, -0.2) is 101 Å². The Morgan fingerprint density at radius 2 is 0.538 bits per heavy atom. The van der Waals surface area contributed by atoms with E-state index in [1.165, 1.54) is 24.3 Å². The fourth-order valence-corrected chi connectivity index (χ4v) is 11.6. The number of carbonyl (C=O) groups is 6. The van der Waals surface area contributed by atoms with E-state index < -0.39 is 140 Å². The molecule has 0 spiro atoms. The molecule has 11 rings (SSSR count). The maximum atomic E-state index is 14.9. The predicted molar refractivity (Wildman–Crippen MR) is 365 cm³/mol. The van der Waals surface area contributed by atoms with Gasteiger partial charge in [-0.15, -0.1) is 0 Å². The smallest absolute Gasteiger partial charge is 0.341 e. The molecule has 530 valence electrons. The normalized spacial score (nSPS) is 10.9. The molecule has 104 heavy (non-hydrogen) atoms. The first-order chi connectivity index (χ1) is 49.2. The van der Waals surface area contributed by atoms with Crippen LogP contribution in [0.1, 0.15) is 107 Å². The first-order valence-electron chi connectivity index (χ1n) is 30.9. The Balaban J connectivity index is 0.000000185. The molecule has 18 nitrogen and oxygen atoms in total. The Morgan fingerprint density at radius 1 is 0.298 bits per heavy atom. The summed E-state index contributed by atoms with van der Waals surface area (Å²) in [6.07, 6.45) is 0. The van der Waals surface area contributed by atoms with Crippen molar-refractivity contribution in [2.24, 2.45) is 0 Å². The second-order valence-corrected chi connectivity index (χ2v) is 23.5. The molecule has 0 saturated carbocycles. The number of rotatable bonds is 18. The van der Waals surface area contributed by atoms with Gasteiger partial charge in [0.1, 0.15) is 11.1 Å². The molecule has 0 radical (unpaired) electrons. The second kappa shape index (κ2) is 31.5. The maximum Gasteiger partial charge on any atom is 0.341 e. The molecular weight excluding hydrogens is 1370 g/mol. The number of benzene rings is 8. The lowest BCUT2D eigenvalue weighted by molar-refractivity contribution is 0.0672. The van der Waals surface area contributed by atoms with E-state index in [-0.39, 0.29) is 22.3 Å². The van der Waals surface area contributed by atoms with Gasteiger partial charge < -0.3 is 40.1 Å². The standard InChI is InChI=1S/C34H28N2O4.C24H14F8O6.C20H16N2O4/c1-19-13-27(14-20(2)35-19)31-17-30(24-7-11-26(12-8-24)34(39)40)32(28-15-21(3)36-22(4)16-28)18-29(31)23-5-9-25(10-6-23)33(37)38;1-37-5-7-3-10(12-17(27)21(31)14(24(35)36)22(32)18(12)28)8(6-38-2)4-9(7)11-15(25)19(29)13(23(33)34)20(30)16(11)26;1-11-17(13-3-7-15(8-4-13)19(23)24)22-12(2)18(21-11)14-5-9-16(10-6-14)20(25)26/h5-18H,1-4H3,(H,37,38)(H,39,40);3-4H,5-6H2,1-2H3,(H,33,34)(H,35,36);3-10H,1-2H3,(H,23,24)(H,25,26). The van der Waals surface area contributed by atoms with Crippen LogP contribution in [-0.2, 0) is 22.7 Å². The quantitative estimate of drug-likeness (QED) is 0.0344. The summed E-state index contributed by atoms with van der Waals surface area (Å²) in [4.78, 5) is 85.5. The Bertz CT molecular complexity index is 4860. The van der Waals surface area contributed by atoms with Gasteiger partial charge in [0.15, 0.2) is 46.5 Å². The molecule has 0 aliphatic rings. The molecule has 11 aromatic rings. The summed E-state index contributed by atoms with van der Waals surface area (Å²) in [7, 11) is 2.10. The number of nitrogens with zero attached hydrogens (tertiary/aromatic N) is 4. The van der Waals surface area contributed by atoms with Gasteiger partial charge in [0.25, 0.3) is 0 Å². The lowest BCUT2D eigenvalue weighted by Crippen LogP contribution is -2.13. The number of aryl methyl sites for hydroxylation is 6. The van der Waals surface area contributed by atoms with Gasteiger partial charge in [-0.25, -0.2) is 73.9 Å². The van der Waals surface area contributed by atoms with Crippen molar-refractivity contribution < 1.29 is 104 Å². The summed E-state index contributed by atoms with van der Waals surface area (Å²) < 4.78 is 127. The number of halogens is 8. The molecule has 0 amide bonds. The van der Waals surface area contributed by atoms with E-state index in [0.29, 0.717) is 22.8 Å². The Labute approximate surface area is 586 Å². The van der Waals surface area contributed by atoms with E-state index in [2.05, 4.69) is 32.1 Å². The van der Waals surface area contributed by atoms with Crippen LogP contribution in [0.15, 0.2) is 146 Å². The van der Waals surface area contributed by atoms with Crippen molar-refractivity contribution in [1.29, 1.82) is 0 Å². The molecular formula is C78H58F8N4O14. The van der Waals surface area contributed by atoms with Crippen LogP contribution in [0.4, 0.5) is 35.1 Å². The molecule has 0 fully saturated rings. The number of carboxylic acid groups (broad SMARTS) is 6. The van der Waals surface area contributed by atoms with Gasteiger partial charge in [-0.05, 0) is 205 Å². The molecule has 0 bridgehead atoms. The third-order valence-electron chi connectivity index (χ3n) is 16.3. The maximum absolute atomic E-state index is 14.9. The van der Waals surface area contributed by atoms with Gasteiger partial charge in [-0.2, -0.15) is 0 Å². The van der Waals surface area contributed by atoms with Crippen molar-refractivity contribution in [3.8, 4) is 89.3 Å². The van der Waals surface area contributed by atoms with Crippen LogP contribution < -0.4 is 0 Å². The highest BCUT2D eigenvalue weighted by Crippen LogP contribution is 2.45. The highest BCUT2D eigenvalue weighted by atomic mass is 19.2. The van der Waals surface area contributed by atoms with E-state index in [1.807, 2.05) is 90.1 Å². The highest BCUT2D eigenvalue weighted by Gasteiger charge is 2.35. The first kappa shape index (κ1) is 75.5. The van der Waals surface area contributed by atoms with Crippen LogP contribution in [0, 0.1) is 88.1 Å². The minimum absolute atomic E-state index is 0.214. The van der Waals surface area contributed by atoms with Crippen LogP contribution in [0.2, 0.25) is 0 Å². The third-order valence-corrected chi connectivity index (χ3v) is 16.3. The summed E-state index contributed by atoms with van der Waals surface area (Å²) >= 11 is 0. The van der Waals surface area contributed by atoms with Gasteiger partial charge in [-0.1, -0.05) is 48.5 Å². The number of pyridine rings is 2. The Hall–Kier alpha value is -12.7. The van der Waals surface area contributed by atoms with E-state index in [1.54, 1.807) is 48.5 Å². The van der Waals surface area contributed by atoms with Gasteiger partial charge in [0.2, 0.25) is 0 Å². The summed E-state index contributed by atoms with van der Waals surface area (Å²) in [6.45, 7) is 10.2. The van der Waals surface area contributed by atoms with Gasteiger partial charge >= 0.3 is 35.8 Å². The number of aromatic carboxylic acids is 6. The number of carboxylic acids is 6. The van der Waals surface area contributed by atoms with E-state index in [0.717, 1.165) is 105 Å². The summed E-state index contributed by atoms with van der Waals surface area (Å²) in [6, 6.07) is 40.6. The fraction of sp³-hybridized carbons (Fsp3) is 0.128. The minimum Gasteiger partial charge on any atom is -0.478 e. The van der Waals surface area contributed by atoms with Crippen molar-refractivity contribution in [3.05, 3.63) is 271 Å². The first-order valence-corrected chi connectivity index (χ1v) is 30.9. The van der Waals surface area contributed by atoms with Crippen molar-refractivity contribution >= 4 is 35.8 Å². The van der Waals surface area contributed by atoms with Crippen molar-refractivity contribution in [3.63, 3.8) is 0 Å². The molecule has 6 N–H and O–H groups in total. The number of aromatic nitrogens is 4. The van der Waals surface area contributed by atoms with Gasteiger partial charge in [0.05, 0.1) is 69.4 Å². The Morgan fingerprint density at radius 3 is 0.769 bits per heavy atom. The number of methoxy groups -OCH3 is 2. The minimum atomic E-state index is -2.31. The molecule has 0 unspecified atom stereocenters. The van der Waals surface area contributed by atoms with Gasteiger partial charge in [-0.3, -0.25) is 9.97 Å². The van der Waals surface area contributed by atoms with Crippen LogP contribution in [0.3, 0.4) is 0 Å². The van der Waals surface area contributed by atoms with Crippen LogP contribution in [0.5, 0.6) is 0 Å². The third kappa shape index (κ3) is 15.9. The molecule has 26 heteroatoms. The average Bonchev–Trinajstić information content (AvgIpc) is 0.738. The number of hydrogen-bond acceptors (Lipinski definition) is 12. The Kier molecular flexibility index (Phi) is 22.9. The largest absolute Gasteiger partial charge is 0.478 e. The zero-order chi connectivity index (χ0) is 76.0. The summed E-state index contributed by atoms with van der Waals surface area (Å²) in [5.74, 6) is -26.0. The summed E-state index contributed by atoms with van der Waals surface area (Å²) in [5.41, 5.74) is 7.41. The molecule has 0 atom stereocenters. The summed E-state index contributed by atoms with van der Waals surface area (Å²) in [5, 5.41) is 54.7. The highest BCUT2D eigenvalue weighted by molar-refractivity contribution is 5.98. The lowest BCUT2D eigenvalue weighted by Gasteiger charge is -2.19. The van der Waals surface area contributed by atoms with E-state index in [9.17, 15) is 74.1 Å². The molecule has 0 aliphatic heterocycles. The molecule has 0 aliphatic carbocycles. The van der Waals surface area contributed by atoms with Crippen LogP contribution in [0.25, 0.3) is 89.3 Å². The zero-order valence-electron chi connectivity index (χ0n) is 56.0. The molecule has 0 saturated heterocycles. The van der Waals surface area contributed by atoms with E-state index in [4.69, 9.17) is 29.9 Å². The topological polar surface area (TPSA) is 294 Å². The predicted octanol–water partition coefficient (Wildman–Crippen LogP) is 17.4. The van der Waals surface area contributed by atoms with Crippen molar-refractivity contribution in [2.75, 3.05) is 14.2 Å². The monoisotopic (exact) mass is 1430 g/mol. The van der Waals surface area contributed by atoms with Gasteiger partial charge in [0, 0.05) is 48.1 Å².